The molecule has 84 valence electrons. The fraction of sp³-hybridized carbons (Fsp3) is 0.889. The molecular formula is C9H18BrNO3. The maximum atomic E-state index is 11.7. The Hall–Kier alpha value is -0.130. The number of aliphatic hydroxyl groups excluding tert-OH is 1. The highest BCUT2D eigenvalue weighted by Gasteiger charge is 2.19. The molecule has 0 heterocycles. The van der Waals surface area contributed by atoms with Crippen LogP contribution >= 0.6 is 15.9 Å². The molecule has 0 aliphatic rings. The van der Waals surface area contributed by atoms with E-state index in [0.29, 0.717) is 19.7 Å². The normalized spacial score (nSPS) is 12.6. The number of hydrogen-bond acceptors (Lipinski definition) is 3. The van der Waals surface area contributed by atoms with Crippen LogP contribution in [-0.2, 0) is 9.53 Å². The molecule has 0 aliphatic heterocycles. The van der Waals surface area contributed by atoms with Crippen molar-refractivity contribution in [1.29, 1.82) is 0 Å². The lowest BCUT2D eigenvalue weighted by Gasteiger charge is -2.23. The Balaban J connectivity index is 4.10. The Labute approximate surface area is 93.4 Å². The first-order valence-corrected chi connectivity index (χ1v) is 5.61. The molecule has 1 atom stereocenters. The van der Waals surface area contributed by atoms with Crippen LogP contribution in [0.4, 0.5) is 0 Å². The van der Waals surface area contributed by atoms with Crippen molar-refractivity contribution >= 4 is 21.8 Å². The van der Waals surface area contributed by atoms with Crippen molar-refractivity contribution in [2.75, 3.05) is 33.4 Å². The van der Waals surface area contributed by atoms with Crippen molar-refractivity contribution in [3.05, 3.63) is 0 Å². The van der Waals surface area contributed by atoms with Crippen LogP contribution in [0.5, 0.6) is 0 Å². The maximum absolute atomic E-state index is 11.7. The molecule has 0 saturated carbocycles. The Morgan fingerprint density at radius 2 is 2.21 bits per heavy atom. The number of aliphatic hydroxyl groups is 1. The predicted octanol–water partition coefficient (Wildman–Crippen LogP) is 0.627. The van der Waals surface area contributed by atoms with Gasteiger partial charge in [-0.1, -0.05) is 22.9 Å². The molecule has 1 amide bonds. The molecule has 0 fully saturated rings. The first kappa shape index (κ1) is 13.9. The fourth-order valence-electron chi connectivity index (χ4n) is 1.03. The number of halogens is 1. The van der Waals surface area contributed by atoms with Crippen LogP contribution in [0.3, 0.4) is 0 Å². The molecule has 5 heteroatoms. The average Bonchev–Trinajstić information content (AvgIpc) is 2.22. The van der Waals surface area contributed by atoms with E-state index in [0.717, 1.165) is 6.42 Å². The van der Waals surface area contributed by atoms with Crippen LogP contribution in [0.1, 0.15) is 13.3 Å². The second-order valence-corrected chi connectivity index (χ2v) is 4.02. The van der Waals surface area contributed by atoms with Crippen LogP contribution < -0.4 is 0 Å². The third kappa shape index (κ3) is 4.93. The number of alkyl halides is 1. The van der Waals surface area contributed by atoms with Gasteiger partial charge in [0, 0.05) is 20.2 Å². The van der Waals surface area contributed by atoms with Crippen molar-refractivity contribution in [2.24, 2.45) is 0 Å². The molecule has 0 radical (unpaired) electrons. The van der Waals surface area contributed by atoms with E-state index < -0.39 is 0 Å². The summed E-state index contributed by atoms with van der Waals surface area (Å²) >= 11 is 3.29. The number of methoxy groups -OCH3 is 1. The van der Waals surface area contributed by atoms with E-state index in [2.05, 4.69) is 15.9 Å². The first-order valence-electron chi connectivity index (χ1n) is 4.70. The largest absolute Gasteiger partial charge is 0.395 e. The Kier molecular flexibility index (Phi) is 8.12. The van der Waals surface area contributed by atoms with E-state index in [9.17, 15) is 4.79 Å². The molecule has 0 aliphatic carbocycles. The van der Waals surface area contributed by atoms with Crippen molar-refractivity contribution < 1.29 is 14.6 Å². The van der Waals surface area contributed by atoms with E-state index >= 15 is 0 Å². The minimum Gasteiger partial charge on any atom is -0.395 e. The summed E-state index contributed by atoms with van der Waals surface area (Å²) < 4.78 is 4.89. The fourth-order valence-corrected chi connectivity index (χ4v) is 1.32. The second kappa shape index (κ2) is 8.20. The Bertz CT molecular complexity index is 166. The van der Waals surface area contributed by atoms with Gasteiger partial charge < -0.3 is 14.7 Å². The molecule has 1 unspecified atom stereocenters. The summed E-state index contributed by atoms with van der Waals surface area (Å²) in [4.78, 5) is 13.1. The number of hydrogen-bond donors (Lipinski definition) is 1. The molecule has 0 spiro atoms. The average molecular weight is 268 g/mol. The first-order chi connectivity index (χ1) is 6.67. The van der Waals surface area contributed by atoms with E-state index in [1.165, 1.54) is 0 Å². The Morgan fingerprint density at radius 1 is 1.57 bits per heavy atom. The Morgan fingerprint density at radius 3 is 2.64 bits per heavy atom. The van der Waals surface area contributed by atoms with Gasteiger partial charge >= 0.3 is 0 Å². The predicted molar refractivity (Wildman–Crippen MR) is 58.5 cm³/mol. The molecule has 0 saturated heterocycles. The minimum absolute atomic E-state index is 0.0126. The van der Waals surface area contributed by atoms with Gasteiger partial charge in [-0.25, -0.2) is 0 Å². The van der Waals surface area contributed by atoms with Gasteiger partial charge in [-0.2, -0.15) is 0 Å². The number of rotatable bonds is 7. The van der Waals surface area contributed by atoms with Crippen LogP contribution in [0.25, 0.3) is 0 Å². The lowest BCUT2D eigenvalue weighted by molar-refractivity contribution is -0.131. The third-order valence-electron chi connectivity index (χ3n) is 1.87. The number of carbonyl (C=O) groups excluding carboxylic acids is 1. The molecular weight excluding hydrogens is 250 g/mol. The monoisotopic (exact) mass is 267 g/mol. The topological polar surface area (TPSA) is 49.8 Å². The minimum atomic E-state index is -0.161. The summed E-state index contributed by atoms with van der Waals surface area (Å²) in [6.45, 7) is 3.31. The molecule has 14 heavy (non-hydrogen) atoms. The van der Waals surface area contributed by atoms with Gasteiger partial charge in [-0.05, 0) is 6.42 Å². The standard InChI is InChI=1S/C9H18BrNO3/c1-3-8(10)9(13)11(4-6-12)5-7-14-2/h8,12H,3-7H2,1-2H3. The molecule has 0 bridgehead atoms. The van der Waals surface area contributed by atoms with Gasteiger partial charge in [0.05, 0.1) is 18.0 Å². The number of ether oxygens (including phenoxy) is 1. The van der Waals surface area contributed by atoms with Gasteiger partial charge in [0.25, 0.3) is 0 Å². The smallest absolute Gasteiger partial charge is 0.236 e. The van der Waals surface area contributed by atoms with Crippen molar-refractivity contribution in [3.8, 4) is 0 Å². The van der Waals surface area contributed by atoms with E-state index in [-0.39, 0.29) is 17.3 Å². The highest BCUT2D eigenvalue weighted by atomic mass is 79.9. The summed E-state index contributed by atoms with van der Waals surface area (Å²) in [5.41, 5.74) is 0. The van der Waals surface area contributed by atoms with Gasteiger partial charge in [0.1, 0.15) is 0 Å². The van der Waals surface area contributed by atoms with E-state index in [1.54, 1.807) is 12.0 Å². The summed E-state index contributed by atoms with van der Waals surface area (Å²) in [6, 6.07) is 0. The van der Waals surface area contributed by atoms with Gasteiger partial charge in [0.15, 0.2) is 0 Å². The highest BCUT2D eigenvalue weighted by Crippen LogP contribution is 2.08. The van der Waals surface area contributed by atoms with E-state index in [4.69, 9.17) is 9.84 Å². The SMILES string of the molecule is CCC(Br)C(=O)N(CCO)CCOC. The highest BCUT2D eigenvalue weighted by molar-refractivity contribution is 9.10. The van der Waals surface area contributed by atoms with Gasteiger partial charge in [-0.15, -0.1) is 0 Å². The zero-order valence-corrected chi connectivity index (χ0v) is 10.3. The van der Waals surface area contributed by atoms with Crippen LogP contribution in [0, 0.1) is 0 Å². The molecule has 0 aromatic rings. The van der Waals surface area contributed by atoms with Gasteiger partial charge in [0.2, 0.25) is 5.91 Å². The maximum Gasteiger partial charge on any atom is 0.236 e. The molecule has 0 aromatic heterocycles. The molecule has 4 nitrogen and oxygen atoms in total. The lowest BCUT2D eigenvalue weighted by atomic mass is 10.3. The number of nitrogens with zero attached hydrogens (tertiary/aromatic N) is 1. The van der Waals surface area contributed by atoms with Crippen LogP contribution in [0.2, 0.25) is 0 Å². The lowest BCUT2D eigenvalue weighted by Crippen LogP contribution is -2.40. The van der Waals surface area contributed by atoms with E-state index in [1.807, 2.05) is 6.92 Å². The van der Waals surface area contributed by atoms with Crippen molar-refractivity contribution in [3.63, 3.8) is 0 Å². The molecule has 0 aromatic carbocycles. The summed E-state index contributed by atoms with van der Waals surface area (Å²) in [6.07, 6.45) is 0.744. The zero-order valence-electron chi connectivity index (χ0n) is 8.70. The van der Waals surface area contributed by atoms with Crippen LogP contribution in [0.15, 0.2) is 0 Å². The second-order valence-electron chi connectivity index (χ2n) is 2.92. The zero-order chi connectivity index (χ0) is 11.0. The summed E-state index contributed by atoms with van der Waals surface area (Å²) in [5, 5.41) is 8.79. The quantitative estimate of drug-likeness (QED) is 0.689. The number of carbonyl (C=O) groups is 1. The summed E-state index contributed by atoms with van der Waals surface area (Å²) in [7, 11) is 1.59. The van der Waals surface area contributed by atoms with Crippen molar-refractivity contribution in [1.82, 2.24) is 4.90 Å². The van der Waals surface area contributed by atoms with Gasteiger partial charge in [-0.3, -0.25) is 4.79 Å². The van der Waals surface area contributed by atoms with Crippen molar-refractivity contribution in [2.45, 2.75) is 18.2 Å². The number of amides is 1. The molecule has 1 N–H and O–H groups in total. The third-order valence-corrected chi connectivity index (χ3v) is 2.91. The summed E-state index contributed by atoms with van der Waals surface area (Å²) in [5.74, 6) is 0.0126. The molecule has 0 rings (SSSR count). The van der Waals surface area contributed by atoms with Crippen LogP contribution in [-0.4, -0.2) is 54.2 Å².